The predicted octanol–water partition coefficient (Wildman–Crippen LogP) is -0.269. The third kappa shape index (κ3) is 4.22. The summed E-state index contributed by atoms with van der Waals surface area (Å²) in [6, 6.07) is -0.145. The molecule has 0 aromatic heterocycles. The molecule has 0 spiro atoms. The maximum absolute atomic E-state index is 12.1. The van der Waals surface area contributed by atoms with Crippen LogP contribution >= 0.6 is 0 Å². The monoisotopic (exact) mass is 279 g/mol. The molecule has 0 aliphatic carbocycles. The minimum Gasteiger partial charge on any atom is -0.468 e. The molecule has 1 saturated heterocycles. The van der Waals surface area contributed by atoms with Gasteiger partial charge in [-0.3, -0.25) is 4.79 Å². The Labute approximate surface area is 108 Å². The van der Waals surface area contributed by atoms with Crippen LogP contribution in [0.3, 0.4) is 0 Å². The number of carbonyl (C=O) groups is 1. The fraction of sp³-hybridized carbons (Fsp3) is 0.909. The molecule has 6 nitrogen and oxygen atoms in total. The van der Waals surface area contributed by atoms with Crippen LogP contribution in [0, 0.1) is 0 Å². The van der Waals surface area contributed by atoms with E-state index in [4.69, 9.17) is 4.74 Å². The molecule has 0 amide bonds. The molecule has 1 fully saturated rings. The first kappa shape index (κ1) is 15.4. The summed E-state index contributed by atoms with van der Waals surface area (Å²) in [5.74, 6) is -1.31. The van der Waals surface area contributed by atoms with Crippen LogP contribution in [0.2, 0.25) is 0 Å². The topological polar surface area (TPSA) is 81.7 Å². The zero-order valence-electron chi connectivity index (χ0n) is 10.8. The average Bonchev–Trinajstić information content (AvgIpc) is 2.36. The number of sulfone groups is 1. The van der Waals surface area contributed by atoms with Crippen molar-refractivity contribution >= 4 is 15.8 Å². The molecule has 1 aliphatic heterocycles. The summed E-state index contributed by atoms with van der Waals surface area (Å²) >= 11 is 0. The van der Waals surface area contributed by atoms with Gasteiger partial charge < -0.3 is 14.8 Å². The summed E-state index contributed by atoms with van der Waals surface area (Å²) in [4.78, 5) is 11.1. The number of esters is 1. The Morgan fingerprint density at radius 2 is 2.22 bits per heavy atom. The van der Waals surface area contributed by atoms with Crippen molar-refractivity contribution < 1.29 is 22.7 Å². The van der Waals surface area contributed by atoms with Crippen LogP contribution in [0.15, 0.2) is 0 Å². The van der Waals surface area contributed by atoms with Crippen molar-refractivity contribution in [3.63, 3.8) is 0 Å². The first-order valence-corrected chi connectivity index (χ1v) is 7.82. The van der Waals surface area contributed by atoms with Crippen molar-refractivity contribution in [2.24, 2.45) is 0 Å². The van der Waals surface area contributed by atoms with Crippen LogP contribution in [0.4, 0.5) is 0 Å². The van der Waals surface area contributed by atoms with Crippen LogP contribution in [-0.4, -0.2) is 58.3 Å². The minimum absolute atomic E-state index is 0.140. The molecule has 1 heterocycles. The zero-order chi connectivity index (χ0) is 13.6. The molecule has 0 saturated carbocycles. The molecule has 0 radical (unpaired) electrons. The molecule has 106 valence electrons. The van der Waals surface area contributed by atoms with Crippen LogP contribution in [0.5, 0.6) is 0 Å². The molecule has 0 aromatic rings. The molecule has 1 rings (SSSR count). The summed E-state index contributed by atoms with van der Waals surface area (Å²) < 4.78 is 33.9. The normalized spacial score (nSPS) is 24.8. The van der Waals surface area contributed by atoms with E-state index in [0.29, 0.717) is 13.0 Å². The van der Waals surface area contributed by atoms with E-state index in [2.05, 4.69) is 10.1 Å². The van der Waals surface area contributed by atoms with E-state index < -0.39 is 26.8 Å². The average molecular weight is 279 g/mol. The van der Waals surface area contributed by atoms with E-state index in [0.717, 1.165) is 13.0 Å². The minimum atomic E-state index is -3.54. The van der Waals surface area contributed by atoms with E-state index >= 15 is 0 Å². The molecule has 7 heteroatoms. The van der Waals surface area contributed by atoms with Gasteiger partial charge in [-0.2, -0.15) is 0 Å². The van der Waals surface area contributed by atoms with Crippen molar-refractivity contribution in [2.45, 2.75) is 31.1 Å². The Hall–Kier alpha value is -0.660. The van der Waals surface area contributed by atoms with Crippen molar-refractivity contribution in [3.05, 3.63) is 0 Å². The lowest BCUT2D eigenvalue weighted by atomic mass is 10.1. The number of rotatable bonds is 6. The zero-order valence-corrected chi connectivity index (χ0v) is 11.7. The highest BCUT2D eigenvalue weighted by molar-refractivity contribution is 7.92. The number of carbonyl (C=O) groups excluding carboxylic acids is 1. The lowest BCUT2D eigenvalue weighted by Crippen LogP contribution is -2.51. The summed E-state index contributed by atoms with van der Waals surface area (Å²) in [7, 11) is -2.35. The summed E-state index contributed by atoms with van der Waals surface area (Å²) in [5.41, 5.74) is 0. The lowest BCUT2D eigenvalue weighted by molar-refractivity contribution is -0.137. The third-order valence-corrected chi connectivity index (χ3v) is 4.99. The second-order valence-electron chi connectivity index (χ2n) is 4.35. The number of hydrogen-bond donors (Lipinski definition) is 1. The van der Waals surface area contributed by atoms with Gasteiger partial charge >= 0.3 is 5.97 Å². The van der Waals surface area contributed by atoms with E-state index in [1.165, 1.54) is 7.11 Å². The molecule has 0 bridgehead atoms. The second kappa shape index (κ2) is 7.06. The molecular formula is C11H21NO5S. The Morgan fingerprint density at radius 3 is 2.83 bits per heavy atom. The molecule has 1 aliphatic rings. The molecular weight excluding hydrogens is 258 g/mol. The van der Waals surface area contributed by atoms with Crippen LogP contribution in [-0.2, 0) is 24.1 Å². The fourth-order valence-electron chi connectivity index (χ4n) is 1.96. The van der Waals surface area contributed by atoms with E-state index in [-0.39, 0.29) is 12.6 Å². The highest BCUT2D eigenvalue weighted by Crippen LogP contribution is 2.17. The Morgan fingerprint density at radius 1 is 1.50 bits per heavy atom. The van der Waals surface area contributed by atoms with Crippen LogP contribution in [0.1, 0.15) is 19.8 Å². The first-order valence-electron chi connectivity index (χ1n) is 6.10. The quantitative estimate of drug-likeness (QED) is 0.674. The second-order valence-corrected chi connectivity index (χ2v) is 6.57. The van der Waals surface area contributed by atoms with Gasteiger partial charge in [-0.1, -0.05) is 6.92 Å². The SMILES string of the molecule is CCCNC1CCOCC1S(=O)(=O)CC(=O)OC. The fourth-order valence-corrected chi connectivity index (χ4v) is 3.66. The van der Waals surface area contributed by atoms with Gasteiger partial charge in [0.25, 0.3) is 0 Å². The van der Waals surface area contributed by atoms with Gasteiger partial charge in [0.2, 0.25) is 0 Å². The number of methoxy groups -OCH3 is 1. The van der Waals surface area contributed by atoms with Gasteiger partial charge in [0, 0.05) is 12.6 Å². The largest absolute Gasteiger partial charge is 0.468 e. The Bertz CT molecular complexity index is 368. The summed E-state index contributed by atoms with van der Waals surface area (Å²) in [6.45, 7) is 3.46. The van der Waals surface area contributed by atoms with Crippen molar-refractivity contribution in [3.8, 4) is 0 Å². The van der Waals surface area contributed by atoms with Crippen molar-refractivity contribution in [1.82, 2.24) is 5.32 Å². The van der Waals surface area contributed by atoms with Crippen LogP contribution in [0.25, 0.3) is 0 Å². The smallest absolute Gasteiger partial charge is 0.320 e. The number of hydrogen-bond acceptors (Lipinski definition) is 6. The molecule has 1 N–H and O–H groups in total. The highest BCUT2D eigenvalue weighted by Gasteiger charge is 2.37. The van der Waals surface area contributed by atoms with E-state index in [1.807, 2.05) is 6.92 Å². The van der Waals surface area contributed by atoms with E-state index in [1.54, 1.807) is 0 Å². The molecule has 0 aromatic carbocycles. The summed E-state index contributed by atoms with van der Waals surface area (Å²) in [6.07, 6.45) is 1.58. The van der Waals surface area contributed by atoms with Gasteiger partial charge in [-0.05, 0) is 19.4 Å². The Balaban J connectivity index is 2.72. The van der Waals surface area contributed by atoms with Gasteiger partial charge in [-0.15, -0.1) is 0 Å². The Kier molecular flexibility index (Phi) is 6.04. The lowest BCUT2D eigenvalue weighted by Gasteiger charge is -2.31. The van der Waals surface area contributed by atoms with Gasteiger partial charge in [0.1, 0.15) is 11.0 Å². The van der Waals surface area contributed by atoms with Crippen LogP contribution < -0.4 is 5.32 Å². The van der Waals surface area contributed by atoms with Gasteiger partial charge in [0.15, 0.2) is 9.84 Å². The standard InChI is InChI=1S/C11H21NO5S/c1-3-5-12-9-4-6-17-7-10(9)18(14,15)8-11(13)16-2/h9-10,12H,3-8H2,1-2H3. The first-order chi connectivity index (χ1) is 8.51. The van der Waals surface area contributed by atoms with Crippen molar-refractivity contribution in [2.75, 3.05) is 32.6 Å². The highest BCUT2D eigenvalue weighted by atomic mass is 32.2. The van der Waals surface area contributed by atoms with Gasteiger partial charge in [-0.25, -0.2) is 8.42 Å². The molecule has 2 unspecified atom stereocenters. The van der Waals surface area contributed by atoms with Gasteiger partial charge in [0.05, 0.1) is 13.7 Å². The molecule has 2 atom stereocenters. The van der Waals surface area contributed by atoms with E-state index in [9.17, 15) is 13.2 Å². The van der Waals surface area contributed by atoms with Crippen molar-refractivity contribution in [1.29, 1.82) is 0 Å². The third-order valence-electron chi connectivity index (χ3n) is 2.97. The predicted molar refractivity (Wildman–Crippen MR) is 67.1 cm³/mol. The number of ether oxygens (including phenoxy) is 2. The maximum atomic E-state index is 12.1. The molecule has 18 heavy (non-hydrogen) atoms. The maximum Gasteiger partial charge on any atom is 0.320 e. The number of nitrogens with one attached hydrogen (secondary N) is 1. The summed E-state index contributed by atoms with van der Waals surface area (Å²) in [5, 5.41) is 2.54.